The van der Waals surface area contributed by atoms with Crippen molar-refractivity contribution in [3.8, 4) is 0 Å². The van der Waals surface area contributed by atoms with Crippen molar-refractivity contribution in [2.24, 2.45) is 0 Å². The lowest BCUT2D eigenvalue weighted by molar-refractivity contribution is -0.122. The van der Waals surface area contributed by atoms with E-state index in [2.05, 4.69) is 34.6 Å². The Hall–Kier alpha value is -2.24. The van der Waals surface area contributed by atoms with Crippen molar-refractivity contribution in [1.29, 1.82) is 0 Å². The topological polar surface area (TPSA) is 54.5 Å². The number of aromatic nitrogens is 1. The Bertz CT molecular complexity index is 685. The van der Waals surface area contributed by atoms with E-state index in [0.717, 1.165) is 38.2 Å². The fraction of sp³-hybridized carbons (Fsp3) is 0.429. The van der Waals surface area contributed by atoms with Gasteiger partial charge < -0.3 is 10.1 Å². The highest BCUT2D eigenvalue weighted by atomic mass is 16.5. The zero-order valence-corrected chi connectivity index (χ0v) is 15.4. The van der Waals surface area contributed by atoms with Gasteiger partial charge in [0.25, 0.3) is 0 Å². The standard InChI is InChI=1S/C21H27N3O2/c1-24(15-18-7-11-22-12-8-18)16-20(25)23-17-21(9-13-26-14-10-21)19-5-3-2-4-6-19/h2-8,11-12H,9-10,13-17H2,1H3,(H,23,25). The number of hydrogen-bond acceptors (Lipinski definition) is 4. The van der Waals surface area contributed by atoms with Gasteiger partial charge in [0, 0.05) is 44.1 Å². The predicted molar refractivity (Wildman–Crippen MR) is 102 cm³/mol. The monoisotopic (exact) mass is 353 g/mol. The van der Waals surface area contributed by atoms with Crippen molar-refractivity contribution >= 4 is 5.91 Å². The van der Waals surface area contributed by atoms with Gasteiger partial charge in [0.15, 0.2) is 0 Å². The molecule has 3 rings (SSSR count). The van der Waals surface area contributed by atoms with Gasteiger partial charge in [0.05, 0.1) is 6.54 Å². The zero-order valence-electron chi connectivity index (χ0n) is 15.4. The summed E-state index contributed by atoms with van der Waals surface area (Å²) in [5, 5.41) is 3.16. The van der Waals surface area contributed by atoms with Crippen molar-refractivity contribution in [2.45, 2.75) is 24.8 Å². The Morgan fingerprint density at radius 1 is 1.15 bits per heavy atom. The molecule has 5 nitrogen and oxygen atoms in total. The number of amides is 1. The molecule has 2 heterocycles. The quantitative estimate of drug-likeness (QED) is 0.830. The molecule has 0 aliphatic carbocycles. The highest BCUT2D eigenvalue weighted by Gasteiger charge is 2.34. The molecular weight excluding hydrogens is 326 g/mol. The minimum absolute atomic E-state index is 0.0289. The van der Waals surface area contributed by atoms with Crippen LogP contribution in [0.1, 0.15) is 24.0 Å². The molecule has 1 aromatic carbocycles. The third-order valence-electron chi connectivity index (χ3n) is 5.08. The van der Waals surface area contributed by atoms with E-state index in [1.807, 2.05) is 30.1 Å². The second kappa shape index (κ2) is 8.92. The molecule has 138 valence electrons. The van der Waals surface area contributed by atoms with Gasteiger partial charge in [-0.3, -0.25) is 14.7 Å². The first-order valence-corrected chi connectivity index (χ1v) is 9.15. The van der Waals surface area contributed by atoms with Crippen LogP contribution in [0.4, 0.5) is 0 Å². The fourth-order valence-corrected chi connectivity index (χ4v) is 3.55. The first kappa shape index (κ1) is 18.5. The van der Waals surface area contributed by atoms with Crippen LogP contribution >= 0.6 is 0 Å². The molecule has 0 unspecified atom stereocenters. The van der Waals surface area contributed by atoms with Gasteiger partial charge in [0.2, 0.25) is 5.91 Å². The molecule has 1 fully saturated rings. The van der Waals surface area contributed by atoms with Gasteiger partial charge in [-0.1, -0.05) is 30.3 Å². The van der Waals surface area contributed by atoms with Crippen LogP contribution in [-0.4, -0.2) is 49.1 Å². The van der Waals surface area contributed by atoms with Crippen LogP contribution in [0.3, 0.4) is 0 Å². The van der Waals surface area contributed by atoms with Gasteiger partial charge >= 0.3 is 0 Å². The molecule has 5 heteroatoms. The number of carbonyl (C=O) groups excluding carboxylic acids is 1. The van der Waals surface area contributed by atoms with E-state index in [4.69, 9.17) is 4.74 Å². The molecule has 1 amide bonds. The van der Waals surface area contributed by atoms with Crippen LogP contribution in [0.25, 0.3) is 0 Å². The van der Waals surface area contributed by atoms with Crippen LogP contribution in [0.2, 0.25) is 0 Å². The SMILES string of the molecule is CN(CC(=O)NCC1(c2ccccc2)CCOCC1)Cc1ccncc1. The van der Waals surface area contributed by atoms with E-state index >= 15 is 0 Å². The normalized spacial score (nSPS) is 16.4. The lowest BCUT2D eigenvalue weighted by Gasteiger charge is -2.38. The number of hydrogen-bond donors (Lipinski definition) is 1. The first-order valence-electron chi connectivity index (χ1n) is 9.15. The molecule has 0 spiro atoms. The summed E-state index contributed by atoms with van der Waals surface area (Å²) < 4.78 is 5.56. The van der Waals surface area contributed by atoms with Gasteiger partial charge in [-0.05, 0) is 43.1 Å². The fourth-order valence-electron chi connectivity index (χ4n) is 3.55. The molecule has 0 radical (unpaired) electrons. The van der Waals surface area contributed by atoms with Gasteiger partial charge in [-0.15, -0.1) is 0 Å². The summed E-state index contributed by atoms with van der Waals surface area (Å²) in [4.78, 5) is 18.5. The summed E-state index contributed by atoms with van der Waals surface area (Å²) in [6, 6.07) is 14.4. The van der Waals surface area contributed by atoms with Crippen molar-refractivity contribution in [3.63, 3.8) is 0 Å². The Labute approximate surface area is 155 Å². The van der Waals surface area contributed by atoms with Crippen LogP contribution in [0.15, 0.2) is 54.9 Å². The summed E-state index contributed by atoms with van der Waals surface area (Å²) in [7, 11) is 1.96. The number of nitrogens with zero attached hydrogens (tertiary/aromatic N) is 2. The number of rotatable bonds is 7. The minimum atomic E-state index is -0.0289. The number of benzene rings is 1. The smallest absolute Gasteiger partial charge is 0.234 e. The van der Waals surface area contributed by atoms with Crippen LogP contribution in [-0.2, 0) is 21.5 Å². The van der Waals surface area contributed by atoms with E-state index in [9.17, 15) is 4.79 Å². The molecule has 2 aromatic rings. The second-order valence-corrected chi connectivity index (χ2v) is 7.06. The van der Waals surface area contributed by atoms with E-state index in [1.165, 1.54) is 5.56 Å². The van der Waals surface area contributed by atoms with Gasteiger partial charge in [-0.2, -0.15) is 0 Å². The third-order valence-corrected chi connectivity index (χ3v) is 5.08. The van der Waals surface area contributed by atoms with Crippen LogP contribution < -0.4 is 5.32 Å². The number of pyridine rings is 1. The molecule has 1 aliphatic rings. The molecule has 1 aliphatic heterocycles. The summed E-state index contributed by atoms with van der Waals surface area (Å²) in [6.07, 6.45) is 5.42. The molecule has 1 saturated heterocycles. The van der Waals surface area contributed by atoms with Crippen molar-refractivity contribution in [2.75, 3.05) is 33.4 Å². The average molecular weight is 353 g/mol. The summed E-state index contributed by atoms with van der Waals surface area (Å²) in [6.45, 7) is 3.25. The van der Waals surface area contributed by atoms with Gasteiger partial charge in [0.1, 0.15) is 0 Å². The van der Waals surface area contributed by atoms with Crippen molar-refractivity contribution < 1.29 is 9.53 Å². The number of ether oxygens (including phenoxy) is 1. The summed E-state index contributed by atoms with van der Waals surface area (Å²) >= 11 is 0. The molecule has 1 N–H and O–H groups in total. The maximum absolute atomic E-state index is 12.5. The molecule has 0 atom stereocenters. The number of likely N-dealkylation sites (N-methyl/N-ethyl adjacent to an activating group) is 1. The first-order chi connectivity index (χ1) is 12.7. The van der Waals surface area contributed by atoms with E-state index in [-0.39, 0.29) is 11.3 Å². The van der Waals surface area contributed by atoms with E-state index in [0.29, 0.717) is 13.1 Å². The largest absolute Gasteiger partial charge is 0.381 e. The minimum Gasteiger partial charge on any atom is -0.381 e. The maximum Gasteiger partial charge on any atom is 0.234 e. The van der Waals surface area contributed by atoms with E-state index < -0.39 is 0 Å². The zero-order chi connectivity index (χ0) is 18.2. The molecule has 26 heavy (non-hydrogen) atoms. The third kappa shape index (κ3) is 4.90. The summed E-state index contributed by atoms with van der Waals surface area (Å²) in [5.74, 6) is 0.0587. The highest BCUT2D eigenvalue weighted by Crippen LogP contribution is 2.34. The lowest BCUT2D eigenvalue weighted by Crippen LogP contribution is -2.46. The Balaban J connectivity index is 1.56. The molecule has 0 saturated carbocycles. The molecule has 1 aromatic heterocycles. The second-order valence-electron chi connectivity index (χ2n) is 7.06. The predicted octanol–water partition coefficient (Wildman–Crippen LogP) is 2.38. The average Bonchev–Trinajstić information content (AvgIpc) is 2.68. The number of carbonyl (C=O) groups is 1. The highest BCUT2D eigenvalue weighted by molar-refractivity contribution is 5.78. The lowest BCUT2D eigenvalue weighted by atomic mass is 9.74. The maximum atomic E-state index is 12.5. The Morgan fingerprint density at radius 2 is 1.85 bits per heavy atom. The number of nitrogens with one attached hydrogen (secondary N) is 1. The molecule has 0 bridgehead atoms. The van der Waals surface area contributed by atoms with E-state index in [1.54, 1.807) is 12.4 Å². The summed E-state index contributed by atoms with van der Waals surface area (Å²) in [5.41, 5.74) is 2.41. The van der Waals surface area contributed by atoms with Crippen molar-refractivity contribution in [3.05, 3.63) is 66.0 Å². The Kier molecular flexibility index (Phi) is 6.36. The molecular formula is C21H27N3O2. The van der Waals surface area contributed by atoms with Crippen molar-refractivity contribution in [1.82, 2.24) is 15.2 Å². The van der Waals surface area contributed by atoms with Crippen LogP contribution in [0.5, 0.6) is 0 Å². The Morgan fingerprint density at radius 3 is 2.54 bits per heavy atom. The van der Waals surface area contributed by atoms with Gasteiger partial charge in [-0.25, -0.2) is 0 Å². The van der Waals surface area contributed by atoms with Crippen LogP contribution in [0, 0.1) is 0 Å².